The monoisotopic (exact) mass is 284 g/mol. The zero-order valence-electron chi connectivity index (χ0n) is 13.0. The Morgan fingerprint density at radius 2 is 2.05 bits per heavy atom. The summed E-state index contributed by atoms with van der Waals surface area (Å²) in [6.07, 6.45) is 5.11. The fourth-order valence-corrected chi connectivity index (χ4v) is 3.52. The van der Waals surface area contributed by atoms with Crippen LogP contribution >= 0.6 is 0 Å². The molecule has 0 aliphatic heterocycles. The standard InChI is InChI=1S/C17H24N4/c1-12-8-16(17(18)15-7-5-4-6-14(12)15)20(2)10-13-9-19-21(3)11-13/h4-7,9,11-12,16-17H,8,10,18H2,1-3H3. The summed E-state index contributed by atoms with van der Waals surface area (Å²) in [6, 6.07) is 9.06. The van der Waals surface area contributed by atoms with Gasteiger partial charge in [0.15, 0.2) is 0 Å². The first-order chi connectivity index (χ1) is 10.1. The van der Waals surface area contributed by atoms with E-state index in [1.165, 1.54) is 16.7 Å². The average Bonchev–Trinajstić information content (AvgIpc) is 2.88. The first-order valence-electron chi connectivity index (χ1n) is 7.58. The smallest absolute Gasteiger partial charge is 0.0534 e. The molecule has 1 aromatic carbocycles. The number of nitrogens with zero attached hydrogens (tertiary/aromatic N) is 3. The number of hydrogen-bond acceptors (Lipinski definition) is 3. The lowest BCUT2D eigenvalue weighted by molar-refractivity contribution is 0.175. The molecule has 3 unspecified atom stereocenters. The molecule has 1 heterocycles. The number of rotatable bonds is 3. The van der Waals surface area contributed by atoms with Gasteiger partial charge in [0, 0.05) is 37.4 Å². The summed E-state index contributed by atoms with van der Waals surface area (Å²) in [7, 11) is 4.12. The maximum absolute atomic E-state index is 6.55. The molecule has 3 rings (SSSR count). The summed E-state index contributed by atoms with van der Waals surface area (Å²) in [5, 5.41) is 4.24. The van der Waals surface area contributed by atoms with Crippen molar-refractivity contribution in [2.45, 2.75) is 37.9 Å². The van der Waals surface area contributed by atoms with Crippen LogP contribution in [0, 0.1) is 0 Å². The number of aryl methyl sites for hydroxylation is 1. The minimum atomic E-state index is 0.0825. The fraction of sp³-hybridized carbons (Fsp3) is 0.471. The zero-order chi connectivity index (χ0) is 15.0. The quantitative estimate of drug-likeness (QED) is 0.941. The lowest BCUT2D eigenvalue weighted by Crippen LogP contribution is -2.43. The number of hydrogen-bond donors (Lipinski definition) is 1. The molecule has 3 atom stereocenters. The highest BCUT2D eigenvalue weighted by Crippen LogP contribution is 2.38. The summed E-state index contributed by atoms with van der Waals surface area (Å²) in [5.41, 5.74) is 10.5. The number of benzene rings is 1. The highest BCUT2D eigenvalue weighted by molar-refractivity contribution is 5.36. The van der Waals surface area contributed by atoms with E-state index in [2.05, 4.69) is 54.4 Å². The van der Waals surface area contributed by atoms with Crippen LogP contribution < -0.4 is 5.73 Å². The van der Waals surface area contributed by atoms with Crippen LogP contribution in [0.15, 0.2) is 36.7 Å². The normalized spacial score (nSPS) is 25.1. The summed E-state index contributed by atoms with van der Waals surface area (Å²) in [4.78, 5) is 2.37. The lowest BCUT2D eigenvalue weighted by Gasteiger charge is -2.40. The van der Waals surface area contributed by atoms with Crippen molar-refractivity contribution >= 4 is 0 Å². The van der Waals surface area contributed by atoms with E-state index in [1.54, 1.807) is 0 Å². The van der Waals surface area contributed by atoms with Crippen LogP contribution in [0.25, 0.3) is 0 Å². The topological polar surface area (TPSA) is 47.1 Å². The molecule has 1 aliphatic carbocycles. The fourth-order valence-electron chi connectivity index (χ4n) is 3.52. The van der Waals surface area contributed by atoms with Crippen LogP contribution in [0.5, 0.6) is 0 Å². The molecule has 1 aliphatic rings. The Labute approximate surface area is 126 Å². The Morgan fingerprint density at radius 3 is 2.71 bits per heavy atom. The van der Waals surface area contributed by atoms with E-state index in [9.17, 15) is 0 Å². The molecule has 112 valence electrons. The van der Waals surface area contributed by atoms with Gasteiger partial charge < -0.3 is 5.73 Å². The molecule has 2 N–H and O–H groups in total. The minimum absolute atomic E-state index is 0.0825. The molecule has 0 radical (unpaired) electrons. The van der Waals surface area contributed by atoms with Gasteiger partial charge >= 0.3 is 0 Å². The van der Waals surface area contributed by atoms with Crippen molar-refractivity contribution < 1.29 is 0 Å². The molecular formula is C17H24N4. The van der Waals surface area contributed by atoms with Crippen LogP contribution in [-0.4, -0.2) is 27.8 Å². The van der Waals surface area contributed by atoms with Gasteiger partial charge in [0.1, 0.15) is 0 Å². The summed E-state index contributed by atoms with van der Waals surface area (Å²) in [5.74, 6) is 0.558. The van der Waals surface area contributed by atoms with Crippen molar-refractivity contribution in [3.63, 3.8) is 0 Å². The van der Waals surface area contributed by atoms with Gasteiger partial charge in [-0.2, -0.15) is 5.10 Å². The lowest BCUT2D eigenvalue weighted by atomic mass is 9.78. The third-order valence-electron chi connectivity index (χ3n) is 4.65. The van der Waals surface area contributed by atoms with Crippen LogP contribution in [0.1, 0.15) is 42.0 Å². The highest BCUT2D eigenvalue weighted by Gasteiger charge is 2.32. The summed E-state index contributed by atoms with van der Waals surface area (Å²) >= 11 is 0. The van der Waals surface area contributed by atoms with E-state index in [1.807, 2.05) is 17.9 Å². The van der Waals surface area contributed by atoms with Crippen molar-refractivity contribution in [3.8, 4) is 0 Å². The second-order valence-corrected chi connectivity index (χ2v) is 6.30. The predicted molar refractivity (Wildman–Crippen MR) is 84.9 cm³/mol. The van der Waals surface area contributed by atoms with E-state index >= 15 is 0 Å². The molecule has 0 amide bonds. The van der Waals surface area contributed by atoms with Crippen molar-refractivity contribution in [3.05, 3.63) is 53.3 Å². The number of likely N-dealkylation sites (N-methyl/N-ethyl adjacent to an activating group) is 1. The van der Waals surface area contributed by atoms with Gasteiger partial charge in [0.2, 0.25) is 0 Å². The number of nitrogens with two attached hydrogens (primary N) is 1. The van der Waals surface area contributed by atoms with Gasteiger partial charge in [-0.15, -0.1) is 0 Å². The maximum atomic E-state index is 6.55. The maximum Gasteiger partial charge on any atom is 0.0534 e. The molecule has 21 heavy (non-hydrogen) atoms. The van der Waals surface area contributed by atoms with Gasteiger partial charge in [0.25, 0.3) is 0 Å². The van der Waals surface area contributed by atoms with Gasteiger partial charge in [-0.3, -0.25) is 9.58 Å². The minimum Gasteiger partial charge on any atom is -0.323 e. The molecule has 1 aromatic heterocycles. The van der Waals surface area contributed by atoms with E-state index < -0.39 is 0 Å². The third kappa shape index (κ3) is 2.74. The SMILES string of the molecule is CC1CC(N(C)Cc2cnn(C)c2)C(N)c2ccccc21. The van der Waals surface area contributed by atoms with Crippen molar-refractivity contribution in [2.24, 2.45) is 12.8 Å². The Morgan fingerprint density at radius 1 is 1.33 bits per heavy atom. The largest absolute Gasteiger partial charge is 0.323 e. The Kier molecular flexibility index (Phi) is 3.83. The first-order valence-corrected chi connectivity index (χ1v) is 7.58. The third-order valence-corrected chi connectivity index (χ3v) is 4.65. The van der Waals surface area contributed by atoms with Crippen molar-refractivity contribution in [1.82, 2.24) is 14.7 Å². The Hall–Kier alpha value is -1.65. The van der Waals surface area contributed by atoms with Crippen LogP contribution in [-0.2, 0) is 13.6 Å². The van der Waals surface area contributed by atoms with Gasteiger partial charge in [0.05, 0.1) is 6.20 Å². The summed E-state index contributed by atoms with van der Waals surface area (Å²) in [6.45, 7) is 3.19. The molecule has 4 heteroatoms. The van der Waals surface area contributed by atoms with Crippen molar-refractivity contribution in [1.29, 1.82) is 0 Å². The van der Waals surface area contributed by atoms with E-state index in [0.717, 1.165) is 13.0 Å². The second-order valence-electron chi connectivity index (χ2n) is 6.30. The van der Waals surface area contributed by atoms with Crippen LogP contribution in [0.3, 0.4) is 0 Å². The van der Waals surface area contributed by atoms with E-state index in [0.29, 0.717) is 12.0 Å². The van der Waals surface area contributed by atoms with Gasteiger partial charge in [-0.25, -0.2) is 0 Å². The average molecular weight is 284 g/mol. The van der Waals surface area contributed by atoms with E-state index in [4.69, 9.17) is 5.73 Å². The molecule has 0 spiro atoms. The predicted octanol–water partition coefficient (Wildman–Crippen LogP) is 2.43. The molecule has 0 saturated heterocycles. The van der Waals surface area contributed by atoms with Gasteiger partial charge in [-0.05, 0) is 30.5 Å². The van der Waals surface area contributed by atoms with Crippen molar-refractivity contribution in [2.75, 3.05) is 7.05 Å². The second kappa shape index (κ2) is 5.62. The highest BCUT2D eigenvalue weighted by atomic mass is 15.2. The van der Waals surface area contributed by atoms with E-state index in [-0.39, 0.29) is 6.04 Å². The van der Waals surface area contributed by atoms with Crippen LogP contribution in [0.2, 0.25) is 0 Å². The molecule has 0 saturated carbocycles. The van der Waals surface area contributed by atoms with Gasteiger partial charge in [-0.1, -0.05) is 31.2 Å². The Bertz CT molecular complexity index is 619. The summed E-state index contributed by atoms with van der Waals surface area (Å²) < 4.78 is 1.85. The number of aromatic nitrogens is 2. The molecule has 0 fully saturated rings. The zero-order valence-corrected chi connectivity index (χ0v) is 13.0. The molecule has 2 aromatic rings. The molecule has 4 nitrogen and oxygen atoms in total. The van der Waals surface area contributed by atoms with Crippen LogP contribution in [0.4, 0.5) is 0 Å². The first kappa shape index (κ1) is 14.3. The Balaban J connectivity index is 1.80. The molecular weight excluding hydrogens is 260 g/mol. The number of fused-ring (bicyclic) bond motifs is 1. The molecule has 0 bridgehead atoms.